The highest BCUT2D eigenvalue weighted by molar-refractivity contribution is 7.89. The second kappa shape index (κ2) is 11.1. The van der Waals surface area contributed by atoms with Crippen LogP contribution in [0, 0.1) is 0 Å². The summed E-state index contributed by atoms with van der Waals surface area (Å²) < 4.78 is 40.9. The van der Waals surface area contributed by atoms with Gasteiger partial charge in [0.2, 0.25) is 10.0 Å². The number of aromatic nitrogens is 1. The number of benzene rings is 2. The average Bonchev–Trinajstić information content (AvgIpc) is 2.94. The molecule has 2 atom stereocenters. The van der Waals surface area contributed by atoms with Crippen molar-refractivity contribution in [3.05, 3.63) is 92.9 Å². The Morgan fingerprint density at radius 2 is 1.89 bits per heavy atom. The Bertz CT molecular complexity index is 1470. The van der Waals surface area contributed by atoms with E-state index in [1.165, 1.54) is 21.0 Å². The molecule has 3 aromatic rings. The summed E-state index contributed by atoms with van der Waals surface area (Å²) in [7, 11) is -2.21. The highest BCUT2D eigenvalue weighted by Crippen LogP contribution is 2.34. The van der Waals surface area contributed by atoms with Gasteiger partial charge in [-0.05, 0) is 54.8 Å². The first-order chi connectivity index (χ1) is 17.6. The van der Waals surface area contributed by atoms with E-state index >= 15 is 0 Å². The second-order valence-corrected chi connectivity index (χ2v) is 11.3. The first kappa shape index (κ1) is 26.9. The molecule has 2 heterocycles. The molecule has 0 bridgehead atoms. The molecule has 196 valence electrons. The first-order valence-electron chi connectivity index (χ1n) is 12.0. The summed E-state index contributed by atoms with van der Waals surface area (Å²) in [5, 5.41) is 0.393. The molecule has 1 aliphatic heterocycles. The number of hydrogen-bond acceptors (Lipinski definition) is 6. The molecule has 2 unspecified atom stereocenters. The molecule has 0 amide bonds. The van der Waals surface area contributed by atoms with Crippen molar-refractivity contribution in [2.24, 2.45) is 7.05 Å². The molecule has 0 spiro atoms. The predicted octanol–water partition coefficient (Wildman–Crippen LogP) is 4.10. The lowest BCUT2D eigenvalue weighted by atomic mass is 9.88. The Kier molecular flexibility index (Phi) is 8.06. The van der Waals surface area contributed by atoms with Crippen molar-refractivity contribution in [1.82, 2.24) is 8.87 Å². The van der Waals surface area contributed by atoms with E-state index in [1.807, 2.05) is 6.92 Å². The van der Waals surface area contributed by atoms with Crippen LogP contribution in [0.2, 0.25) is 5.02 Å². The van der Waals surface area contributed by atoms with Gasteiger partial charge in [0.25, 0.3) is 5.56 Å². The number of para-hydroxylation sites is 1. The molecule has 4 rings (SSSR count). The van der Waals surface area contributed by atoms with Gasteiger partial charge in [0.15, 0.2) is 0 Å². The lowest BCUT2D eigenvalue weighted by Gasteiger charge is -2.23. The normalized spacial score (nSPS) is 17.8. The van der Waals surface area contributed by atoms with Gasteiger partial charge >= 0.3 is 5.97 Å². The monoisotopic (exact) mass is 544 g/mol. The summed E-state index contributed by atoms with van der Waals surface area (Å²) in [5.74, 6) is -0.562. The van der Waals surface area contributed by atoms with Gasteiger partial charge in [0.05, 0.1) is 19.6 Å². The van der Waals surface area contributed by atoms with Gasteiger partial charge in [-0.1, -0.05) is 35.9 Å². The van der Waals surface area contributed by atoms with Crippen LogP contribution in [0.25, 0.3) is 0 Å². The fraction of sp³-hybridized carbons (Fsp3) is 0.333. The molecule has 0 aliphatic carbocycles. The van der Waals surface area contributed by atoms with Crippen molar-refractivity contribution in [3.63, 3.8) is 0 Å². The molecular weight excluding hydrogens is 516 g/mol. The van der Waals surface area contributed by atoms with Gasteiger partial charge < -0.3 is 14.0 Å². The van der Waals surface area contributed by atoms with Gasteiger partial charge in [0, 0.05) is 36.8 Å². The van der Waals surface area contributed by atoms with Crippen LogP contribution >= 0.6 is 11.6 Å². The molecule has 1 aromatic heterocycles. The Morgan fingerprint density at radius 1 is 1.16 bits per heavy atom. The van der Waals surface area contributed by atoms with Gasteiger partial charge in [0.1, 0.15) is 16.7 Å². The Morgan fingerprint density at radius 3 is 2.62 bits per heavy atom. The lowest BCUT2D eigenvalue weighted by molar-refractivity contribution is -0.143. The third-order valence-corrected chi connectivity index (χ3v) is 8.50. The molecule has 0 N–H and O–H groups in total. The van der Waals surface area contributed by atoms with Crippen LogP contribution in [0.15, 0.2) is 70.5 Å². The minimum atomic E-state index is -3.86. The number of carbonyl (C=O) groups excluding carboxylic acids is 1. The van der Waals surface area contributed by atoms with E-state index in [0.717, 1.165) is 5.56 Å². The topological polar surface area (TPSA) is 94.9 Å². The van der Waals surface area contributed by atoms with Crippen LogP contribution in [0.1, 0.15) is 42.9 Å². The Labute approximate surface area is 221 Å². The summed E-state index contributed by atoms with van der Waals surface area (Å²) in [6.07, 6.45) is 1.29. The number of sulfonamides is 1. The number of pyridine rings is 1. The molecule has 8 nitrogen and oxygen atoms in total. The number of nitrogens with zero attached hydrogens (tertiary/aromatic N) is 2. The largest absolute Gasteiger partial charge is 0.488 e. The molecule has 37 heavy (non-hydrogen) atoms. The fourth-order valence-corrected chi connectivity index (χ4v) is 6.20. The van der Waals surface area contributed by atoms with Crippen LogP contribution in [0.4, 0.5) is 0 Å². The van der Waals surface area contributed by atoms with Crippen molar-refractivity contribution >= 4 is 27.6 Å². The van der Waals surface area contributed by atoms with Crippen molar-refractivity contribution < 1.29 is 22.7 Å². The predicted molar refractivity (Wildman–Crippen MR) is 140 cm³/mol. The molecule has 10 heteroatoms. The third-order valence-electron chi connectivity index (χ3n) is 6.28. The minimum Gasteiger partial charge on any atom is -0.488 e. The molecule has 0 saturated carbocycles. The van der Waals surface area contributed by atoms with E-state index in [-0.39, 0.29) is 42.7 Å². The summed E-state index contributed by atoms with van der Waals surface area (Å²) in [6, 6.07) is 15.1. The number of halogens is 1. The molecule has 0 saturated heterocycles. The molecule has 2 aromatic carbocycles. The fourth-order valence-electron chi connectivity index (χ4n) is 4.41. The van der Waals surface area contributed by atoms with Crippen LogP contribution in [-0.2, 0) is 33.1 Å². The van der Waals surface area contributed by atoms with Gasteiger partial charge in [-0.3, -0.25) is 9.59 Å². The maximum absolute atomic E-state index is 13.5. The zero-order valence-corrected chi connectivity index (χ0v) is 22.5. The number of ether oxygens (including phenoxy) is 2. The zero-order chi connectivity index (χ0) is 26.7. The summed E-state index contributed by atoms with van der Waals surface area (Å²) in [5.41, 5.74) is 1.75. The standard InChI is InChI=1S/C27H29ClN2O6S/c1-4-35-27(32)15-22(20-11-12-29(3)26(31)14-20)19-9-10-23(28)21(13-19)17-30-16-18(2)36-24-7-5-6-8-25(24)37(30,33)34/h5-14,18,22H,4,15-17H2,1-3H3. The van der Waals surface area contributed by atoms with Crippen LogP contribution in [0.3, 0.4) is 0 Å². The first-order valence-corrected chi connectivity index (χ1v) is 13.8. The SMILES string of the molecule is CCOC(=O)CC(c1ccc(Cl)c(CN2CC(C)Oc3ccccc3S2(=O)=O)c1)c1ccn(C)c(=O)c1. The van der Waals surface area contributed by atoms with Crippen LogP contribution in [0.5, 0.6) is 5.75 Å². The number of carbonyl (C=O) groups is 1. The highest BCUT2D eigenvalue weighted by Gasteiger charge is 2.33. The quantitative estimate of drug-likeness (QED) is 0.416. The van der Waals surface area contributed by atoms with Crippen molar-refractivity contribution in [1.29, 1.82) is 0 Å². The molecule has 0 radical (unpaired) electrons. The maximum Gasteiger partial charge on any atom is 0.306 e. The van der Waals surface area contributed by atoms with E-state index in [2.05, 4.69) is 0 Å². The maximum atomic E-state index is 13.5. The second-order valence-electron chi connectivity index (χ2n) is 8.99. The Hall–Kier alpha value is -3.14. The highest BCUT2D eigenvalue weighted by atomic mass is 35.5. The zero-order valence-electron chi connectivity index (χ0n) is 20.9. The average molecular weight is 545 g/mol. The summed E-state index contributed by atoms with van der Waals surface area (Å²) in [4.78, 5) is 24.9. The van der Waals surface area contributed by atoms with Gasteiger partial charge in [-0.25, -0.2) is 8.42 Å². The minimum absolute atomic E-state index is 0.0136. The van der Waals surface area contributed by atoms with Crippen LogP contribution < -0.4 is 10.3 Å². The number of aryl methyl sites for hydroxylation is 1. The van der Waals surface area contributed by atoms with Crippen LogP contribution in [-0.4, -0.2) is 42.5 Å². The van der Waals surface area contributed by atoms with Gasteiger partial charge in [-0.2, -0.15) is 4.31 Å². The molecular formula is C27H29ClN2O6S. The molecule has 0 fully saturated rings. The van der Waals surface area contributed by atoms with Crippen molar-refractivity contribution in [3.8, 4) is 5.75 Å². The van der Waals surface area contributed by atoms with Gasteiger partial charge in [-0.15, -0.1) is 0 Å². The summed E-state index contributed by atoms with van der Waals surface area (Å²) in [6.45, 7) is 3.94. The number of esters is 1. The Balaban J connectivity index is 1.73. The number of fused-ring (bicyclic) bond motifs is 1. The van der Waals surface area contributed by atoms with E-state index in [0.29, 0.717) is 21.9 Å². The van der Waals surface area contributed by atoms with E-state index in [9.17, 15) is 18.0 Å². The smallest absolute Gasteiger partial charge is 0.306 e. The van der Waals surface area contributed by atoms with Crippen molar-refractivity contribution in [2.75, 3.05) is 13.2 Å². The summed E-state index contributed by atoms with van der Waals surface area (Å²) >= 11 is 6.54. The van der Waals surface area contributed by atoms with E-state index in [1.54, 1.807) is 62.6 Å². The molecule has 1 aliphatic rings. The number of rotatable bonds is 7. The van der Waals surface area contributed by atoms with E-state index in [4.69, 9.17) is 21.1 Å². The van der Waals surface area contributed by atoms with Crippen molar-refractivity contribution in [2.45, 2.75) is 43.7 Å². The third kappa shape index (κ3) is 5.89. The van der Waals surface area contributed by atoms with E-state index < -0.39 is 21.9 Å². The lowest BCUT2D eigenvalue weighted by Crippen LogP contribution is -2.35. The number of hydrogen-bond donors (Lipinski definition) is 0.